The average molecular weight is 279 g/mol. The van der Waals surface area contributed by atoms with Gasteiger partial charge in [0.1, 0.15) is 0 Å². The van der Waals surface area contributed by atoms with Gasteiger partial charge in [0.2, 0.25) is 0 Å². The first-order valence-electron chi connectivity index (χ1n) is 5.59. The van der Waals surface area contributed by atoms with E-state index in [0.29, 0.717) is 11.0 Å². The highest BCUT2D eigenvalue weighted by atomic mass is 32.1. The zero-order chi connectivity index (χ0) is 13.7. The molecular formula is C10H13N7OS. The summed E-state index contributed by atoms with van der Waals surface area (Å²) < 4.78 is 1.02. The van der Waals surface area contributed by atoms with Crippen molar-refractivity contribution in [1.82, 2.24) is 30.9 Å². The van der Waals surface area contributed by atoms with Crippen LogP contribution in [0.4, 0.5) is 9.93 Å². The summed E-state index contributed by atoms with van der Waals surface area (Å²) in [4.78, 5) is 15.9. The van der Waals surface area contributed by atoms with E-state index >= 15 is 0 Å². The molecule has 0 aliphatic carbocycles. The molecular weight excluding hydrogens is 266 g/mol. The van der Waals surface area contributed by atoms with E-state index in [4.69, 9.17) is 0 Å². The van der Waals surface area contributed by atoms with E-state index in [1.165, 1.54) is 11.3 Å². The molecule has 0 unspecified atom stereocenters. The number of urea groups is 1. The number of anilines is 1. The highest BCUT2D eigenvalue weighted by Gasteiger charge is 2.06. The summed E-state index contributed by atoms with van der Waals surface area (Å²) in [5, 5.41) is 19.8. The number of hydrogen-bond donors (Lipinski definition) is 3. The molecule has 0 aliphatic rings. The van der Waals surface area contributed by atoms with Crippen LogP contribution in [0.25, 0.3) is 12.2 Å². The van der Waals surface area contributed by atoms with Gasteiger partial charge in [-0.1, -0.05) is 28.7 Å². The van der Waals surface area contributed by atoms with Crippen LogP contribution in [0.1, 0.15) is 19.7 Å². The number of hydrogen-bond acceptors (Lipinski definition) is 6. The molecule has 0 saturated carbocycles. The van der Waals surface area contributed by atoms with Gasteiger partial charge in [0.05, 0.1) is 16.4 Å². The SMILES string of the molecule is CC=c1nc(NC(=O)NCc2nn[nH]n2)s/c1=C/C. The van der Waals surface area contributed by atoms with Gasteiger partial charge < -0.3 is 5.32 Å². The van der Waals surface area contributed by atoms with E-state index in [0.717, 1.165) is 9.88 Å². The standard InChI is InChI=1S/C10H13N7OS/c1-3-6-7(4-2)19-10(12-6)13-9(18)11-5-8-14-16-17-15-8/h3-4H,5H2,1-2H3,(H2,11,12,13,18)(H,14,15,16,17)/b6-3?,7-4+. The van der Waals surface area contributed by atoms with E-state index in [-0.39, 0.29) is 12.6 Å². The van der Waals surface area contributed by atoms with Crippen LogP contribution in [-0.2, 0) is 6.54 Å². The van der Waals surface area contributed by atoms with Gasteiger partial charge in [0.25, 0.3) is 0 Å². The molecule has 2 amide bonds. The quantitative estimate of drug-likeness (QED) is 0.707. The molecule has 0 bridgehead atoms. The molecule has 19 heavy (non-hydrogen) atoms. The molecule has 2 aromatic heterocycles. The van der Waals surface area contributed by atoms with Crippen molar-refractivity contribution >= 4 is 34.7 Å². The Balaban J connectivity index is 1.97. The Morgan fingerprint density at radius 2 is 2.26 bits per heavy atom. The van der Waals surface area contributed by atoms with Crippen molar-refractivity contribution < 1.29 is 4.79 Å². The van der Waals surface area contributed by atoms with Gasteiger partial charge in [-0.15, -0.1) is 10.2 Å². The fraction of sp³-hybridized carbons (Fsp3) is 0.300. The van der Waals surface area contributed by atoms with E-state index in [9.17, 15) is 4.79 Å². The first-order valence-corrected chi connectivity index (χ1v) is 6.41. The van der Waals surface area contributed by atoms with Gasteiger partial charge in [0.15, 0.2) is 11.0 Å². The lowest BCUT2D eigenvalue weighted by Gasteiger charge is -2.01. The van der Waals surface area contributed by atoms with Gasteiger partial charge >= 0.3 is 6.03 Å². The Morgan fingerprint density at radius 3 is 2.84 bits per heavy atom. The number of nitrogens with one attached hydrogen (secondary N) is 3. The molecule has 0 aromatic carbocycles. The fourth-order valence-electron chi connectivity index (χ4n) is 1.37. The van der Waals surface area contributed by atoms with Crippen molar-refractivity contribution in [2.75, 3.05) is 5.32 Å². The smallest absolute Gasteiger partial charge is 0.321 e. The largest absolute Gasteiger partial charge is 0.330 e. The van der Waals surface area contributed by atoms with E-state index < -0.39 is 0 Å². The summed E-state index contributed by atoms with van der Waals surface area (Å²) in [7, 11) is 0. The molecule has 9 heteroatoms. The number of aromatic nitrogens is 5. The van der Waals surface area contributed by atoms with Gasteiger partial charge in [-0.3, -0.25) is 5.32 Å². The first-order chi connectivity index (χ1) is 9.22. The molecule has 2 rings (SSSR count). The van der Waals surface area contributed by atoms with Crippen molar-refractivity contribution in [2.24, 2.45) is 0 Å². The summed E-state index contributed by atoms with van der Waals surface area (Å²) >= 11 is 1.42. The van der Waals surface area contributed by atoms with Crippen LogP contribution in [0.5, 0.6) is 0 Å². The summed E-state index contributed by atoms with van der Waals surface area (Å²) in [6.45, 7) is 4.04. The normalized spacial score (nSPS) is 12.7. The zero-order valence-electron chi connectivity index (χ0n) is 10.5. The second kappa shape index (κ2) is 6.05. The number of tetrazole rings is 1. The molecule has 8 nitrogen and oxygen atoms in total. The van der Waals surface area contributed by atoms with Crippen LogP contribution in [0, 0.1) is 0 Å². The van der Waals surface area contributed by atoms with E-state index in [1.807, 2.05) is 26.0 Å². The molecule has 0 radical (unpaired) electrons. The van der Waals surface area contributed by atoms with Crippen LogP contribution in [0.2, 0.25) is 0 Å². The maximum atomic E-state index is 11.6. The van der Waals surface area contributed by atoms with Crippen LogP contribution in [-0.4, -0.2) is 31.6 Å². The number of amides is 2. The summed E-state index contributed by atoms with van der Waals surface area (Å²) in [5.74, 6) is 0.416. The minimum atomic E-state index is -0.358. The maximum absolute atomic E-state index is 11.6. The molecule has 3 N–H and O–H groups in total. The minimum absolute atomic E-state index is 0.202. The van der Waals surface area contributed by atoms with Crippen molar-refractivity contribution in [2.45, 2.75) is 20.4 Å². The molecule has 100 valence electrons. The number of carbonyl (C=O) groups excluding carboxylic acids is 1. The predicted molar refractivity (Wildman–Crippen MR) is 71.7 cm³/mol. The van der Waals surface area contributed by atoms with Crippen LogP contribution in [0.15, 0.2) is 0 Å². The summed E-state index contributed by atoms with van der Waals surface area (Å²) in [6, 6.07) is -0.358. The Kier molecular flexibility index (Phi) is 4.18. The number of thiazole rings is 1. The lowest BCUT2D eigenvalue weighted by Crippen LogP contribution is -2.28. The number of carbonyl (C=O) groups is 1. The third-order valence-corrected chi connectivity index (χ3v) is 3.28. The highest BCUT2D eigenvalue weighted by molar-refractivity contribution is 7.13. The lowest BCUT2D eigenvalue weighted by atomic mass is 10.5. The molecule has 2 aromatic rings. The van der Waals surface area contributed by atoms with Crippen molar-refractivity contribution in [3.05, 3.63) is 15.7 Å². The summed E-state index contributed by atoms with van der Waals surface area (Å²) in [6.07, 6.45) is 3.85. The van der Waals surface area contributed by atoms with Gasteiger partial charge in [-0.25, -0.2) is 9.78 Å². The number of rotatable bonds is 3. The summed E-state index contributed by atoms with van der Waals surface area (Å²) in [5.41, 5.74) is 0. The molecule has 0 aliphatic heterocycles. The number of H-pyrrole nitrogens is 1. The molecule has 0 atom stereocenters. The minimum Gasteiger partial charge on any atom is -0.330 e. The second-order valence-electron chi connectivity index (χ2n) is 3.48. The topological polar surface area (TPSA) is 108 Å². The number of aromatic amines is 1. The van der Waals surface area contributed by atoms with Crippen molar-refractivity contribution in [1.29, 1.82) is 0 Å². The van der Waals surface area contributed by atoms with E-state index in [2.05, 4.69) is 36.2 Å². The maximum Gasteiger partial charge on any atom is 0.321 e. The van der Waals surface area contributed by atoms with Gasteiger partial charge in [-0.05, 0) is 13.8 Å². The molecule has 0 saturated heterocycles. The third-order valence-electron chi connectivity index (χ3n) is 2.23. The average Bonchev–Trinajstić information content (AvgIpc) is 3.04. The van der Waals surface area contributed by atoms with Crippen molar-refractivity contribution in [3.8, 4) is 0 Å². The number of nitrogens with zero attached hydrogens (tertiary/aromatic N) is 4. The molecule has 0 fully saturated rings. The van der Waals surface area contributed by atoms with Crippen LogP contribution < -0.4 is 20.5 Å². The first kappa shape index (κ1) is 13.1. The van der Waals surface area contributed by atoms with Gasteiger partial charge in [-0.2, -0.15) is 5.21 Å². The molecule has 0 spiro atoms. The Hall–Kier alpha value is -2.29. The Morgan fingerprint density at radius 1 is 1.42 bits per heavy atom. The second-order valence-corrected chi connectivity index (χ2v) is 4.51. The fourth-order valence-corrected chi connectivity index (χ4v) is 2.25. The zero-order valence-corrected chi connectivity index (χ0v) is 11.3. The van der Waals surface area contributed by atoms with E-state index in [1.54, 1.807) is 0 Å². The highest BCUT2D eigenvalue weighted by Crippen LogP contribution is 2.02. The Bertz CT molecular complexity index is 629. The van der Waals surface area contributed by atoms with Crippen LogP contribution >= 0.6 is 11.3 Å². The third kappa shape index (κ3) is 3.35. The predicted octanol–water partition coefficient (Wildman–Crippen LogP) is -0.421. The van der Waals surface area contributed by atoms with Crippen molar-refractivity contribution in [3.63, 3.8) is 0 Å². The van der Waals surface area contributed by atoms with Crippen LogP contribution in [0.3, 0.4) is 0 Å². The Labute approximate surface area is 112 Å². The monoisotopic (exact) mass is 279 g/mol. The molecule has 2 heterocycles. The van der Waals surface area contributed by atoms with Gasteiger partial charge in [0, 0.05) is 0 Å². The lowest BCUT2D eigenvalue weighted by molar-refractivity contribution is 0.251.